The Bertz CT molecular complexity index is 1390. The lowest BCUT2D eigenvalue weighted by molar-refractivity contribution is -0.118. The molecule has 1 fully saturated rings. The first-order valence-electron chi connectivity index (χ1n) is 11.6. The molecule has 2 amide bonds. The first kappa shape index (κ1) is 25.7. The molecule has 36 heavy (non-hydrogen) atoms. The fourth-order valence-corrected chi connectivity index (χ4v) is 5.56. The summed E-state index contributed by atoms with van der Waals surface area (Å²) in [7, 11) is 0. The van der Waals surface area contributed by atoms with E-state index in [1.54, 1.807) is 23.1 Å². The largest absolute Gasteiger partial charge is 0.484 e. The van der Waals surface area contributed by atoms with Gasteiger partial charge in [-0.25, -0.2) is 0 Å². The second kappa shape index (κ2) is 10.7. The molecule has 1 N–H and O–H groups in total. The lowest BCUT2D eigenvalue weighted by Gasteiger charge is -2.17. The van der Waals surface area contributed by atoms with Crippen LogP contribution in [0.3, 0.4) is 0 Å². The van der Waals surface area contributed by atoms with Crippen molar-refractivity contribution in [3.63, 3.8) is 0 Å². The molecular formula is C29H28N2O3S2. The molecule has 1 heterocycles. The van der Waals surface area contributed by atoms with Gasteiger partial charge in [-0.05, 0) is 81.1 Å². The van der Waals surface area contributed by atoms with Gasteiger partial charge in [0, 0.05) is 5.69 Å². The number of carbonyl (C=O) groups excluding carboxylic acids is 2. The molecule has 0 aromatic heterocycles. The maximum absolute atomic E-state index is 13.2. The molecule has 3 aromatic carbocycles. The maximum Gasteiger partial charge on any atom is 0.270 e. The van der Waals surface area contributed by atoms with Crippen LogP contribution in [0, 0.1) is 34.6 Å². The molecular weight excluding hydrogens is 488 g/mol. The minimum absolute atomic E-state index is 0.120. The van der Waals surface area contributed by atoms with Gasteiger partial charge >= 0.3 is 0 Å². The second-order valence-corrected chi connectivity index (χ2v) is 10.7. The average molecular weight is 517 g/mol. The number of ether oxygens (including phenoxy) is 1. The van der Waals surface area contributed by atoms with Gasteiger partial charge in [0.1, 0.15) is 5.75 Å². The summed E-state index contributed by atoms with van der Waals surface area (Å²) in [5, 5.41) is 2.94. The number of thiocarbonyl (C=S) groups is 1. The van der Waals surface area contributed by atoms with Crippen LogP contribution in [0.4, 0.5) is 11.4 Å². The van der Waals surface area contributed by atoms with Crippen molar-refractivity contribution in [3.8, 4) is 5.75 Å². The third-order valence-electron chi connectivity index (χ3n) is 5.85. The minimum atomic E-state index is -0.232. The first-order valence-corrected chi connectivity index (χ1v) is 12.8. The summed E-state index contributed by atoms with van der Waals surface area (Å²) in [6.45, 7) is 9.85. The Morgan fingerprint density at radius 3 is 2.36 bits per heavy atom. The Morgan fingerprint density at radius 1 is 0.972 bits per heavy atom. The van der Waals surface area contributed by atoms with Crippen molar-refractivity contribution in [2.45, 2.75) is 34.6 Å². The van der Waals surface area contributed by atoms with Gasteiger partial charge in [0.05, 0.1) is 10.6 Å². The average Bonchev–Trinajstić information content (AvgIpc) is 3.08. The number of amides is 2. The molecule has 184 valence electrons. The van der Waals surface area contributed by atoms with Crippen LogP contribution >= 0.6 is 24.0 Å². The number of benzene rings is 3. The summed E-state index contributed by atoms with van der Waals surface area (Å²) in [4.78, 5) is 27.8. The number of thioether (sulfide) groups is 1. The molecule has 0 saturated carbocycles. The van der Waals surface area contributed by atoms with Crippen LogP contribution in [0.25, 0.3) is 6.08 Å². The lowest BCUT2D eigenvalue weighted by Crippen LogP contribution is -2.28. The van der Waals surface area contributed by atoms with E-state index in [9.17, 15) is 9.59 Å². The molecule has 4 rings (SSSR count). The zero-order valence-corrected chi connectivity index (χ0v) is 22.6. The molecule has 7 heteroatoms. The van der Waals surface area contributed by atoms with Crippen LogP contribution in [0.15, 0.2) is 59.5 Å². The summed E-state index contributed by atoms with van der Waals surface area (Å²) in [6.07, 6.45) is 1.80. The number of nitrogens with zero attached hydrogens (tertiary/aromatic N) is 1. The van der Waals surface area contributed by atoms with Crippen LogP contribution < -0.4 is 15.0 Å². The summed E-state index contributed by atoms with van der Waals surface area (Å²) in [6, 6.07) is 17.3. The van der Waals surface area contributed by atoms with Gasteiger partial charge in [-0.2, -0.15) is 0 Å². The van der Waals surface area contributed by atoms with Crippen LogP contribution in [0.1, 0.15) is 33.4 Å². The standard InChI is InChI=1S/C29H28N2O3S2/c1-17-9-10-24(19(3)11-17)31-28(33)25(36-29(31)35)15-22-7-6-8-23(14-22)34-16-26(32)30-27-20(4)12-18(2)13-21(27)5/h6-15H,16H2,1-5H3,(H,30,32)/b25-15-. The van der Waals surface area contributed by atoms with E-state index < -0.39 is 0 Å². The highest BCUT2D eigenvalue weighted by atomic mass is 32.2. The molecule has 1 saturated heterocycles. The Kier molecular flexibility index (Phi) is 7.62. The highest BCUT2D eigenvalue weighted by molar-refractivity contribution is 8.27. The highest BCUT2D eigenvalue weighted by Gasteiger charge is 2.34. The van der Waals surface area contributed by atoms with Crippen molar-refractivity contribution in [1.82, 2.24) is 0 Å². The quantitative estimate of drug-likeness (QED) is 0.294. The highest BCUT2D eigenvalue weighted by Crippen LogP contribution is 2.37. The molecule has 0 spiro atoms. The van der Waals surface area contributed by atoms with Crippen LogP contribution in [0.5, 0.6) is 5.75 Å². The molecule has 0 radical (unpaired) electrons. The molecule has 1 aliphatic rings. The van der Waals surface area contributed by atoms with Gasteiger partial charge in [-0.1, -0.05) is 71.5 Å². The predicted molar refractivity (Wildman–Crippen MR) is 153 cm³/mol. The molecule has 0 bridgehead atoms. The normalized spacial score (nSPS) is 14.5. The summed E-state index contributed by atoms with van der Waals surface area (Å²) in [5.41, 5.74) is 7.72. The van der Waals surface area contributed by atoms with Crippen molar-refractivity contribution in [3.05, 3.63) is 92.9 Å². The molecule has 1 aliphatic heterocycles. The number of carbonyl (C=O) groups is 2. The summed E-state index contributed by atoms with van der Waals surface area (Å²) < 4.78 is 6.25. The van der Waals surface area contributed by atoms with Gasteiger partial charge in [0.25, 0.3) is 11.8 Å². The zero-order chi connectivity index (χ0) is 26.0. The van der Waals surface area contributed by atoms with E-state index in [1.165, 1.54) is 11.8 Å². The zero-order valence-electron chi connectivity index (χ0n) is 21.0. The van der Waals surface area contributed by atoms with Gasteiger partial charge in [-0.15, -0.1) is 0 Å². The monoisotopic (exact) mass is 516 g/mol. The van der Waals surface area contributed by atoms with Crippen molar-refractivity contribution in [2.75, 3.05) is 16.8 Å². The fraction of sp³-hybridized carbons (Fsp3) is 0.207. The first-order chi connectivity index (χ1) is 17.1. The number of nitrogens with one attached hydrogen (secondary N) is 1. The minimum Gasteiger partial charge on any atom is -0.484 e. The third kappa shape index (κ3) is 5.69. The number of hydrogen-bond acceptors (Lipinski definition) is 5. The second-order valence-electron chi connectivity index (χ2n) is 8.99. The van der Waals surface area contributed by atoms with Gasteiger partial charge in [-0.3, -0.25) is 14.5 Å². The van der Waals surface area contributed by atoms with Gasteiger partial charge < -0.3 is 10.1 Å². The lowest BCUT2D eigenvalue weighted by atomic mass is 10.1. The Hall–Kier alpha value is -3.42. The van der Waals surface area contributed by atoms with Crippen LogP contribution in [0.2, 0.25) is 0 Å². The topological polar surface area (TPSA) is 58.6 Å². The van der Waals surface area contributed by atoms with Crippen molar-refractivity contribution < 1.29 is 14.3 Å². The number of anilines is 2. The molecule has 0 atom stereocenters. The van der Waals surface area contributed by atoms with Gasteiger partial charge in [0.2, 0.25) is 0 Å². The number of aryl methyl sites for hydroxylation is 5. The van der Waals surface area contributed by atoms with E-state index in [0.29, 0.717) is 15.0 Å². The molecule has 0 aliphatic carbocycles. The summed E-state index contributed by atoms with van der Waals surface area (Å²) in [5.74, 6) is 0.164. The van der Waals surface area contributed by atoms with E-state index in [0.717, 1.165) is 44.8 Å². The van der Waals surface area contributed by atoms with Crippen LogP contribution in [-0.2, 0) is 9.59 Å². The van der Waals surface area contributed by atoms with Crippen molar-refractivity contribution in [2.24, 2.45) is 0 Å². The molecule has 3 aromatic rings. The van der Waals surface area contributed by atoms with Gasteiger partial charge in [0.15, 0.2) is 10.9 Å². The number of rotatable bonds is 6. The van der Waals surface area contributed by atoms with Crippen molar-refractivity contribution >= 4 is 57.6 Å². The fourth-order valence-electron chi connectivity index (χ4n) is 4.28. The molecule has 0 unspecified atom stereocenters. The predicted octanol–water partition coefficient (Wildman–Crippen LogP) is 6.65. The van der Waals surface area contributed by atoms with E-state index in [1.807, 2.05) is 77.1 Å². The summed E-state index contributed by atoms with van der Waals surface area (Å²) >= 11 is 6.80. The van der Waals surface area contributed by atoms with Crippen LogP contribution in [-0.4, -0.2) is 22.7 Å². The maximum atomic E-state index is 13.2. The van der Waals surface area contributed by atoms with E-state index in [-0.39, 0.29) is 18.4 Å². The molecule has 5 nitrogen and oxygen atoms in total. The van der Waals surface area contributed by atoms with E-state index >= 15 is 0 Å². The Balaban J connectivity index is 1.45. The Morgan fingerprint density at radius 2 is 1.67 bits per heavy atom. The van der Waals surface area contributed by atoms with E-state index in [4.69, 9.17) is 17.0 Å². The Labute approximate surface area is 221 Å². The SMILES string of the molecule is Cc1ccc(N2C(=O)/C(=C/c3cccc(OCC(=O)Nc4c(C)cc(C)cc4C)c3)SC2=S)c(C)c1. The smallest absolute Gasteiger partial charge is 0.270 e. The third-order valence-corrected chi connectivity index (χ3v) is 7.16. The number of hydrogen-bond donors (Lipinski definition) is 1. The van der Waals surface area contributed by atoms with E-state index in [2.05, 4.69) is 5.32 Å². The van der Waals surface area contributed by atoms with Crippen molar-refractivity contribution in [1.29, 1.82) is 0 Å².